The van der Waals surface area contributed by atoms with Crippen LogP contribution < -0.4 is 10.1 Å². The summed E-state index contributed by atoms with van der Waals surface area (Å²) in [6.45, 7) is 0.101. The Labute approximate surface area is 156 Å². The van der Waals surface area contributed by atoms with Gasteiger partial charge in [-0.1, -0.05) is 29.4 Å². The lowest BCUT2D eigenvalue weighted by molar-refractivity contribution is -0.159. The zero-order valence-corrected chi connectivity index (χ0v) is 14.4. The number of rotatable bonds is 5. The maximum absolute atomic E-state index is 14.3. The van der Waals surface area contributed by atoms with Crippen LogP contribution in [0.2, 0.25) is 0 Å². The van der Waals surface area contributed by atoms with Crippen molar-refractivity contribution in [2.24, 2.45) is 0 Å². The summed E-state index contributed by atoms with van der Waals surface area (Å²) in [4.78, 5) is 15.4. The van der Waals surface area contributed by atoms with Crippen LogP contribution in [0.4, 0.5) is 17.6 Å². The first-order chi connectivity index (χ1) is 13.3. The SMILES string of the molecule is COc1ccccc1CNC(=O)c1ccc(-c2noc(C(F)(F)F)n2)cc1F. The number of nitrogens with zero attached hydrogens (tertiary/aromatic N) is 2. The molecule has 10 heteroatoms. The molecule has 0 unspecified atom stereocenters. The summed E-state index contributed by atoms with van der Waals surface area (Å²) in [6.07, 6.45) is -4.80. The van der Waals surface area contributed by atoms with Gasteiger partial charge < -0.3 is 14.6 Å². The number of benzene rings is 2. The van der Waals surface area contributed by atoms with Gasteiger partial charge in [0.1, 0.15) is 11.6 Å². The van der Waals surface area contributed by atoms with E-state index in [-0.39, 0.29) is 17.7 Å². The predicted molar refractivity (Wildman–Crippen MR) is 88.9 cm³/mol. The fourth-order valence-electron chi connectivity index (χ4n) is 2.41. The first kappa shape index (κ1) is 19.3. The van der Waals surface area contributed by atoms with Gasteiger partial charge in [0.25, 0.3) is 5.91 Å². The maximum atomic E-state index is 14.3. The van der Waals surface area contributed by atoms with E-state index in [1.807, 2.05) is 0 Å². The standard InChI is InChI=1S/C18H13F4N3O3/c1-27-14-5-3-2-4-11(14)9-23-16(26)12-7-6-10(8-13(12)19)15-24-17(28-25-15)18(20,21)22/h2-8H,9H2,1H3,(H,23,26). The number of methoxy groups -OCH3 is 1. The summed E-state index contributed by atoms with van der Waals surface area (Å²) in [5.74, 6) is -3.04. The molecule has 2 aromatic carbocycles. The molecule has 0 atom stereocenters. The van der Waals surface area contributed by atoms with Crippen LogP contribution >= 0.6 is 0 Å². The Morgan fingerprint density at radius 2 is 1.96 bits per heavy atom. The number of hydrogen-bond acceptors (Lipinski definition) is 5. The first-order valence-corrected chi connectivity index (χ1v) is 7.90. The van der Waals surface area contributed by atoms with Gasteiger partial charge >= 0.3 is 12.1 Å². The monoisotopic (exact) mass is 395 g/mol. The maximum Gasteiger partial charge on any atom is 0.471 e. The van der Waals surface area contributed by atoms with Gasteiger partial charge in [-0.2, -0.15) is 18.2 Å². The molecule has 0 aliphatic heterocycles. The minimum absolute atomic E-state index is 0.0574. The van der Waals surface area contributed by atoms with Crippen LogP contribution in [0.3, 0.4) is 0 Å². The van der Waals surface area contributed by atoms with Crippen LogP contribution in [0.5, 0.6) is 5.75 Å². The number of hydrogen-bond donors (Lipinski definition) is 1. The smallest absolute Gasteiger partial charge is 0.471 e. The molecule has 0 aliphatic carbocycles. The third-order valence-corrected chi connectivity index (χ3v) is 3.77. The van der Waals surface area contributed by atoms with Crippen molar-refractivity contribution >= 4 is 5.91 Å². The summed E-state index contributed by atoms with van der Waals surface area (Å²) in [7, 11) is 1.49. The summed E-state index contributed by atoms with van der Waals surface area (Å²) in [5, 5.41) is 5.73. The van der Waals surface area contributed by atoms with Crippen molar-refractivity contribution in [3.05, 3.63) is 65.3 Å². The van der Waals surface area contributed by atoms with Gasteiger partial charge in [-0.05, 0) is 18.2 Å². The average molecular weight is 395 g/mol. The van der Waals surface area contributed by atoms with Crippen molar-refractivity contribution in [3.8, 4) is 17.1 Å². The fraction of sp³-hybridized carbons (Fsp3) is 0.167. The molecule has 3 rings (SSSR count). The minimum Gasteiger partial charge on any atom is -0.496 e. The van der Waals surface area contributed by atoms with Crippen molar-refractivity contribution in [1.29, 1.82) is 0 Å². The zero-order valence-electron chi connectivity index (χ0n) is 14.4. The normalized spacial score (nSPS) is 11.3. The van der Waals surface area contributed by atoms with Crippen LogP contribution in [0.1, 0.15) is 21.8 Å². The molecular weight excluding hydrogens is 382 g/mol. The van der Waals surface area contributed by atoms with Gasteiger partial charge in [-0.15, -0.1) is 0 Å². The minimum atomic E-state index is -4.80. The summed E-state index contributed by atoms with van der Waals surface area (Å²) < 4.78 is 61.1. The van der Waals surface area contributed by atoms with Crippen LogP contribution in [-0.4, -0.2) is 23.2 Å². The lowest BCUT2D eigenvalue weighted by atomic mass is 10.1. The molecule has 1 heterocycles. The van der Waals surface area contributed by atoms with Gasteiger partial charge in [0.15, 0.2) is 0 Å². The first-order valence-electron chi connectivity index (χ1n) is 7.90. The highest BCUT2D eigenvalue weighted by molar-refractivity contribution is 5.94. The highest BCUT2D eigenvalue weighted by Gasteiger charge is 2.38. The van der Waals surface area contributed by atoms with Crippen LogP contribution in [0, 0.1) is 5.82 Å². The average Bonchev–Trinajstić information content (AvgIpc) is 3.17. The number of amides is 1. The van der Waals surface area contributed by atoms with Crippen molar-refractivity contribution in [1.82, 2.24) is 15.5 Å². The molecule has 3 aromatic rings. The van der Waals surface area contributed by atoms with Gasteiger partial charge in [-0.3, -0.25) is 4.79 Å². The Kier molecular flexibility index (Phi) is 5.30. The molecule has 0 bridgehead atoms. The van der Waals surface area contributed by atoms with Gasteiger partial charge in [0.2, 0.25) is 5.82 Å². The van der Waals surface area contributed by atoms with E-state index in [0.717, 1.165) is 12.1 Å². The van der Waals surface area contributed by atoms with Gasteiger partial charge in [0.05, 0.1) is 12.7 Å². The van der Waals surface area contributed by atoms with Crippen LogP contribution in [0.15, 0.2) is 47.0 Å². The number of carbonyl (C=O) groups is 1. The van der Waals surface area contributed by atoms with Crippen molar-refractivity contribution in [2.45, 2.75) is 12.7 Å². The predicted octanol–water partition coefficient (Wildman–Crippen LogP) is 3.83. The van der Waals surface area contributed by atoms with Gasteiger partial charge in [0, 0.05) is 17.7 Å². The summed E-state index contributed by atoms with van der Waals surface area (Å²) in [5.41, 5.74) is 0.359. The molecule has 0 aliphatic rings. The highest BCUT2D eigenvalue weighted by atomic mass is 19.4. The number of carbonyl (C=O) groups excluding carboxylic acids is 1. The van der Waals surface area contributed by atoms with E-state index in [0.29, 0.717) is 11.3 Å². The van der Waals surface area contributed by atoms with Crippen LogP contribution in [-0.2, 0) is 12.7 Å². The summed E-state index contributed by atoms with van der Waals surface area (Å²) >= 11 is 0. The van der Waals surface area contributed by atoms with Crippen molar-refractivity contribution in [2.75, 3.05) is 7.11 Å². The van der Waals surface area contributed by atoms with E-state index in [1.54, 1.807) is 24.3 Å². The van der Waals surface area contributed by atoms with E-state index < -0.39 is 29.6 Å². The molecule has 0 fully saturated rings. The number of alkyl halides is 3. The number of para-hydroxylation sites is 1. The zero-order chi connectivity index (χ0) is 20.3. The molecule has 28 heavy (non-hydrogen) atoms. The largest absolute Gasteiger partial charge is 0.496 e. The quantitative estimate of drug-likeness (QED) is 0.665. The van der Waals surface area contributed by atoms with Crippen molar-refractivity contribution < 1.29 is 31.6 Å². The molecule has 0 saturated carbocycles. The fourth-order valence-corrected chi connectivity index (χ4v) is 2.41. The molecule has 0 radical (unpaired) electrons. The molecule has 6 nitrogen and oxygen atoms in total. The number of ether oxygens (including phenoxy) is 1. The lowest BCUT2D eigenvalue weighted by Crippen LogP contribution is -2.24. The molecule has 1 amide bonds. The second kappa shape index (κ2) is 7.67. The Morgan fingerprint density at radius 1 is 1.21 bits per heavy atom. The van der Waals surface area contributed by atoms with E-state index in [2.05, 4.69) is 20.0 Å². The van der Waals surface area contributed by atoms with E-state index in [4.69, 9.17) is 4.74 Å². The van der Waals surface area contributed by atoms with E-state index >= 15 is 0 Å². The second-order valence-corrected chi connectivity index (χ2v) is 5.61. The van der Waals surface area contributed by atoms with E-state index in [1.165, 1.54) is 13.2 Å². The Balaban J connectivity index is 1.75. The topological polar surface area (TPSA) is 77.2 Å². The molecule has 0 saturated heterocycles. The third-order valence-electron chi connectivity index (χ3n) is 3.77. The lowest BCUT2D eigenvalue weighted by Gasteiger charge is -2.10. The number of halogens is 4. The Bertz CT molecular complexity index is 1000. The van der Waals surface area contributed by atoms with Crippen LogP contribution in [0.25, 0.3) is 11.4 Å². The van der Waals surface area contributed by atoms with Gasteiger partial charge in [-0.25, -0.2) is 4.39 Å². The molecule has 146 valence electrons. The Morgan fingerprint density at radius 3 is 2.61 bits per heavy atom. The number of nitrogens with one attached hydrogen (secondary N) is 1. The second-order valence-electron chi connectivity index (χ2n) is 5.61. The number of aromatic nitrogens is 2. The Hall–Kier alpha value is -3.43. The third kappa shape index (κ3) is 4.11. The summed E-state index contributed by atoms with van der Waals surface area (Å²) in [6, 6.07) is 10.2. The highest BCUT2D eigenvalue weighted by Crippen LogP contribution is 2.29. The molecule has 1 N–H and O–H groups in total. The molecule has 0 spiro atoms. The van der Waals surface area contributed by atoms with E-state index in [9.17, 15) is 22.4 Å². The molecule has 1 aromatic heterocycles. The van der Waals surface area contributed by atoms with Crippen molar-refractivity contribution in [3.63, 3.8) is 0 Å². The molecular formula is C18H13F4N3O3.